The van der Waals surface area contributed by atoms with Crippen molar-refractivity contribution in [1.29, 1.82) is 0 Å². The van der Waals surface area contributed by atoms with Crippen molar-refractivity contribution in [2.24, 2.45) is 23.5 Å². The van der Waals surface area contributed by atoms with Gasteiger partial charge in [0.05, 0.1) is 12.1 Å². The van der Waals surface area contributed by atoms with E-state index >= 15 is 0 Å². The first-order valence-electron chi connectivity index (χ1n) is 6.38. The molecule has 0 heterocycles. The van der Waals surface area contributed by atoms with Crippen molar-refractivity contribution >= 4 is 23.2 Å². The van der Waals surface area contributed by atoms with Crippen molar-refractivity contribution < 1.29 is 4.74 Å². The normalized spacial score (nSPS) is 31.0. The van der Waals surface area contributed by atoms with Crippen LogP contribution < -0.4 is 10.5 Å². The van der Waals surface area contributed by atoms with Crippen LogP contribution in [0.5, 0.6) is 5.75 Å². The molecule has 0 spiro atoms. The van der Waals surface area contributed by atoms with E-state index in [0.717, 1.165) is 17.4 Å². The smallest absolute Gasteiger partial charge is 0.138 e. The largest absolute Gasteiger partial charge is 0.495 e. The predicted molar refractivity (Wildman–Crippen MR) is 74.3 cm³/mol. The predicted octanol–water partition coefficient (Wildman–Crippen LogP) is 4.05. The Kier molecular flexibility index (Phi) is 3.21. The van der Waals surface area contributed by atoms with Crippen molar-refractivity contribution in [2.45, 2.75) is 25.3 Å². The molecule has 0 saturated heterocycles. The first-order chi connectivity index (χ1) is 8.60. The molecule has 3 atom stereocenters. The number of methoxy groups -OCH3 is 1. The van der Waals surface area contributed by atoms with Gasteiger partial charge in [0.25, 0.3) is 0 Å². The average Bonchev–Trinajstić information content (AvgIpc) is 2.97. The molecule has 18 heavy (non-hydrogen) atoms. The summed E-state index contributed by atoms with van der Waals surface area (Å²) in [4.78, 5) is 0. The number of halogens is 2. The maximum Gasteiger partial charge on any atom is 0.138 e. The molecule has 3 rings (SSSR count). The van der Waals surface area contributed by atoms with Crippen molar-refractivity contribution in [2.75, 3.05) is 7.11 Å². The third-order valence-electron chi connectivity index (χ3n) is 4.42. The van der Waals surface area contributed by atoms with Crippen molar-refractivity contribution in [3.8, 4) is 5.75 Å². The SMILES string of the molecule is COc1cc(Cl)c(C(N)C2CC3CC3C2)cc1Cl. The van der Waals surface area contributed by atoms with E-state index in [1.807, 2.05) is 6.07 Å². The molecule has 2 aliphatic rings. The van der Waals surface area contributed by atoms with Gasteiger partial charge in [-0.3, -0.25) is 0 Å². The number of hydrogen-bond acceptors (Lipinski definition) is 2. The summed E-state index contributed by atoms with van der Waals surface area (Å²) >= 11 is 12.4. The Bertz CT molecular complexity index is 467. The Labute approximate surface area is 117 Å². The Hall–Kier alpha value is -0.440. The van der Waals surface area contributed by atoms with Crippen LogP contribution in [0.15, 0.2) is 12.1 Å². The molecule has 2 N–H and O–H groups in total. The quantitative estimate of drug-likeness (QED) is 0.909. The van der Waals surface area contributed by atoms with Gasteiger partial charge in [0, 0.05) is 17.1 Å². The molecule has 0 radical (unpaired) electrons. The highest BCUT2D eigenvalue weighted by Crippen LogP contribution is 2.57. The van der Waals surface area contributed by atoms with Gasteiger partial charge < -0.3 is 10.5 Å². The number of nitrogens with two attached hydrogens (primary N) is 1. The number of rotatable bonds is 3. The van der Waals surface area contributed by atoms with Gasteiger partial charge in [-0.2, -0.15) is 0 Å². The second kappa shape index (κ2) is 4.59. The molecule has 4 heteroatoms. The molecule has 2 aliphatic carbocycles. The summed E-state index contributed by atoms with van der Waals surface area (Å²) in [6.45, 7) is 0. The molecule has 0 aromatic heterocycles. The maximum absolute atomic E-state index is 6.36. The zero-order valence-corrected chi connectivity index (χ0v) is 11.8. The van der Waals surface area contributed by atoms with Crippen molar-refractivity contribution in [3.63, 3.8) is 0 Å². The van der Waals surface area contributed by atoms with Gasteiger partial charge >= 0.3 is 0 Å². The Morgan fingerprint density at radius 3 is 2.44 bits per heavy atom. The summed E-state index contributed by atoms with van der Waals surface area (Å²) in [7, 11) is 1.58. The molecular formula is C14H17Cl2NO. The standard InChI is InChI=1S/C14H17Cl2NO/c1-18-13-6-11(15)10(5-12(13)16)14(17)9-3-7-2-8(7)4-9/h5-9,14H,2-4,17H2,1H3. The van der Waals surface area contributed by atoms with Crippen LogP contribution in [-0.4, -0.2) is 7.11 Å². The summed E-state index contributed by atoms with van der Waals surface area (Å²) in [6.07, 6.45) is 3.89. The molecule has 2 nitrogen and oxygen atoms in total. The molecule has 0 aliphatic heterocycles. The molecule has 0 amide bonds. The summed E-state index contributed by atoms with van der Waals surface area (Å²) < 4.78 is 5.15. The van der Waals surface area contributed by atoms with Gasteiger partial charge in [0.15, 0.2) is 0 Å². The second-order valence-electron chi connectivity index (χ2n) is 5.52. The molecule has 2 saturated carbocycles. The van der Waals surface area contributed by atoms with Crippen molar-refractivity contribution in [1.82, 2.24) is 0 Å². The van der Waals surface area contributed by atoms with Crippen LogP contribution in [0, 0.1) is 17.8 Å². The van der Waals surface area contributed by atoms with E-state index in [2.05, 4.69) is 0 Å². The van der Waals surface area contributed by atoms with Crippen molar-refractivity contribution in [3.05, 3.63) is 27.7 Å². The Balaban J connectivity index is 1.84. The monoisotopic (exact) mass is 285 g/mol. The van der Waals surface area contributed by atoms with E-state index in [-0.39, 0.29) is 6.04 Å². The van der Waals surface area contributed by atoms with Gasteiger partial charge in [0.1, 0.15) is 5.75 Å². The first-order valence-corrected chi connectivity index (χ1v) is 7.14. The lowest BCUT2D eigenvalue weighted by atomic mass is 9.90. The minimum absolute atomic E-state index is 0.00583. The molecule has 2 fully saturated rings. The van der Waals surface area contributed by atoms with Gasteiger partial charge in [-0.1, -0.05) is 23.2 Å². The minimum Gasteiger partial charge on any atom is -0.495 e. The fourth-order valence-corrected chi connectivity index (χ4v) is 3.79. The van der Waals surface area contributed by atoms with Crippen LogP contribution in [0.2, 0.25) is 10.0 Å². The third kappa shape index (κ3) is 2.11. The van der Waals surface area contributed by atoms with Gasteiger partial charge in [-0.15, -0.1) is 0 Å². The first kappa shape index (κ1) is 12.6. The van der Waals surface area contributed by atoms with E-state index in [0.29, 0.717) is 21.7 Å². The fraction of sp³-hybridized carbons (Fsp3) is 0.571. The van der Waals surface area contributed by atoms with E-state index in [4.69, 9.17) is 33.7 Å². The van der Waals surface area contributed by atoms with Gasteiger partial charge in [-0.25, -0.2) is 0 Å². The van der Waals surface area contributed by atoms with E-state index in [1.165, 1.54) is 19.3 Å². The third-order valence-corrected chi connectivity index (χ3v) is 5.04. The van der Waals surface area contributed by atoms with Crippen LogP contribution in [0.1, 0.15) is 30.9 Å². The topological polar surface area (TPSA) is 35.2 Å². The van der Waals surface area contributed by atoms with Crippen LogP contribution in [-0.2, 0) is 0 Å². The van der Waals surface area contributed by atoms with Gasteiger partial charge in [0.2, 0.25) is 0 Å². The zero-order chi connectivity index (χ0) is 12.9. The molecular weight excluding hydrogens is 269 g/mol. The summed E-state index contributed by atoms with van der Waals surface area (Å²) in [5.74, 6) is 3.00. The van der Waals surface area contributed by atoms with Crippen LogP contribution in [0.3, 0.4) is 0 Å². The number of ether oxygens (including phenoxy) is 1. The van der Waals surface area contributed by atoms with Gasteiger partial charge in [-0.05, 0) is 48.6 Å². The van der Waals surface area contributed by atoms with E-state index < -0.39 is 0 Å². The number of benzene rings is 1. The van der Waals surface area contributed by atoms with Crippen LogP contribution in [0.4, 0.5) is 0 Å². The average molecular weight is 286 g/mol. The van der Waals surface area contributed by atoms with Crippen LogP contribution in [0.25, 0.3) is 0 Å². The highest BCUT2D eigenvalue weighted by Gasteiger charge is 2.47. The highest BCUT2D eigenvalue weighted by atomic mass is 35.5. The molecule has 3 unspecified atom stereocenters. The van der Waals surface area contributed by atoms with Crippen LogP contribution >= 0.6 is 23.2 Å². The lowest BCUT2D eigenvalue weighted by Crippen LogP contribution is -2.20. The Morgan fingerprint density at radius 2 is 1.83 bits per heavy atom. The second-order valence-corrected chi connectivity index (χ2v) is 6.34. The molecule has 98 valence electrons. The molecule has 1 aromatic rings. The Morgan fingerprint density at radius 1 is 1.17 bits per heavy atom. The number of fused-ring (bicyclic) bond motifs is 1. The molecule has 1 aromatic carbocycles. The highest BCUT2D eigenvalue weighted by molar-refractivity contribution is 6.34. The molecule has 0 bridgehead atoms. The summed E-state index contributed by atoms with van der Waals surface area (Å²) in [6, 6.07) is 3.61. The lowest BCUT2D eigenvalue weighted by molar-refractivity contribution is 0.401. The summed E-state index contributed by atoms with van der Waals surface area (Å²) in [5, 5.41) is 1.24. The zero-order valence-electron chi connectivity index (χ0n) is 10.3. The fourth-order valence-electron chi connectivity index (χ4n) is 3.26. The summed E-state index contributed by atoms with van der Waals surface area (Å²) in [5.41, 5.74) is 7.31. The maximum atomic E-state index is 6.36. The van der Waals surface area contributed by atoms with E-state index in [1.54, 1.807) is 13.2 Å². The lowest BCUT2D eigenvalue weighted by Gasteiger charge is -2.22. The number of hydrogen-bond donors (Lipinski definition) is 1. The van der Waals surface area contributed by atoms with E-state index in [9.17, 15) is 0 Å². The minimum atomic E-state index is -0.00583.